The van der Waals surface area contributed by atoms with Gasteiger partial charge in [-0.05, 0) is 75.9 Å². The van der Waals surface area contributed by atoms with Crippen LogP contribution in [0, 0.1) is 20.8 Å². The van der Waals surface area contributed by atoms with E-state index in [1.807, 2.05) is 59.7 Å². The number of carbonyl (C=O) groups excluding carboxylic acids is 1. The summed E-state index contributed by atoms with van der Waals surface area (Å²) in [5.41, 5.74) is 11.9. The number of esters is 1. The third-order valence-electron chi connectivity index (χ3n) is 4.61. The van der Waals surface area contributed by atoms with Crippen molar-refractivity contribution in [2.24, 2.45) is 0 Å². The Bertz CT molecular complexity index is 890. The molecule has 2 aromatic carbocycles. The fourth-order valence-electron chi connectivity index (χ4n) is 3.18. The summed E-state index contributed by atoms with van der Waals surface area (Å²) < 4.78 is 11.8. The molecule has 0 bridgehead atoms. The molecule has 4 nitrogen and oxygen atoms in total. The van der Waals surface area contributed by atoms with Crippen molar-refractivity contribution in [1.82, 2.24) is 0 Å². The van der Waals surface area contributed by atoms with E-state index in [2.05, 4.69) is 15.9 Å². The van der Waals surface area contributed by atoms with Crippen LogP contribution in [-0.2, 0) is 14.3 Å². The maximum absolute atomic E-state index is 12.5. The molecule has 0 heterocycles. The van der Waals surface area contributed by atoms with Gasteiger partial charge in [-0.3, -0.25) is 0 Å². The van der Waals surface area contributed by atoms with E-state index in [1.165, 1.54) is 7.11 Å². The second-order valence-corrected chi connectivity index (χ2v) is 9.06. The fourth-order valence-corrected chi connectivity index (χ4v) is 4.00. The van der Waals surface area contributed by atoms with E-state index in [1.54, 1.807) is 0 Å². The second-order valence-electron chi connectivity index (χ2n) is 7.86. The number of methoxy groups -OCH3 is 1. The van der Waals surface area contributed by atoms with Gasteiger partial charge in [-0.15, -0.1) is 0 Å². The minimum atomic E-state index is -0.888. The molecular formula is C22H27BrClNO3. The lowest BCUT2D eigenvalue weighted by Gasteiger charge is -2.29. The maximum Gasteiger partial charge on any atom is 0.339 e. The topological polar surface area (TPSA) is 61.5 Å². The summed E-state index contributed by atoms with van der Waals surface area (Å²) in [6.07, 6.45) is -0.888. The molecule has 2 aromatic rings. The highest BCUT2D eigenvalue weighted by atomic mass is 79.9. The van der Waals surface area contributed by atoms with Crippen LogP contribution in [0.25, 0.3) is 11.1 Å². The molecular weight excluding hydrogens is 442 g/mol. The Morgan fingerprint density at radius 1 is 1.18 bits per heavy atom. The van der Waals surface area contributed by atoms with E-state index in [4.69, 9.17) is 26.8 Å². The summed E-state index contributed by atoms with van der Waals surface area (Å²) in [6, 6.07) is 5.82. The quantitative estimate of drug-likeness (QED) is 0.422. The molecule has 0 aliphatic carbocycles. The summed E-state index contributed by atoms with van der Waals surface area (Å²) in [7, 11) is 1.35. The van der Waals surface area contributed by atoms with Gasteiger partial charge in [0.2, 0.25) is 0 Å². The average Bonchev–Trinajstić information content (AvgIpc) is 2.60. The van der Waals surface area contributed by atoms with Crippen molar-refractivity contribution in [2.75, 3.05) is 12.8 Å². The van der Waals surface area contributed by atoms with E-state index in [-0.39, 0.29) is 0 Å². The molecule has 1 atom stereocenters. The summed E-state index contributed by atoms with van der Waals surface area (Å²) in [5, 5.41) is 0.705. The molecule has 0 saturated heterocycles. The number of aryl methyl sites for hydroxylation is 1. The number of ether oxygens (including phenoxy) is 2. The Morgan fingerprint density at radius 3 is 2.29 bits per heavy atom. The van der Waals surface area contributed by atoms with Crippen molar-refractivity contribution in [3.05, 3.63) is 49.9 Å². The highest BCUT2D eigenvalue weighted by Gasteiger charge is 2.33. The van der Waals surface area contributed by atoms with Gasteiger partial charge in [0.05, 0.1) is 12.7 Å². The zero-order valence-corrected chi connectivity index (χ0v) is 19.7. The zero-order chi connectivity index (χ0) is 21.4. The van der Waals surface area contributed by atoms with Crippen molar-refractivity contribution in [3.8, 4) is 11.1 Å². The first-order valence-electron chi connectivity index (χ1n) is 8.99. The Kier molecular flexibility index (Phi) is 6.85. The molecule has 0 aliphatic rings. The zero-order valence-electron chi connectivity index (χ0n) is 17.4. The summed E-state index contributed by atoms with van der Waals surface area (Å²) >= 11 is 9.86. The average molecular weight is 469 g/mol. The molecule has 0 unspecified atom stereocenters. The number of benzene rings is 2. The predicted molar refractivity (Wildman–Crippen MR) is 119 cm³/mol. The van der Waals surface area contributed by atoms with E-state index in [0.29, 0.717) is 16.3 Å². The summed E-state index contributed by atoms with van der Waals surface area (Å²) in [6.45, 7) is 11.5. The number of hydrogen-bond acceptors (Lipinski definition) is 4. The third kappa shape index (κ3) is 4.53. The first-order valence-corrected chi connectivity index (χ1v) is 10.2. The standard InChI is InChI=1S/C22H27BrClNO3/c1-11-10-14(8-9-15(11)24)16-12(2)18(23)17(13(3)19(16)25)20(21(26)27-7)28-22(4,5)6/h8-10,20H,25H2,1-7H3/t20-/m0/s1. The lowest BCUT2D eigenvalue weighted by atomic mass is 9.89. The number of anilines is 1. The number of rotatable bonds is 4. The largest absolute Gasteiger partial charge is 0.467 e. The summed E-state index contributed by atoms with van der Waals surface area (Å²) in [5.74, 6) is -0.465. The van der Waals surface area contributed by atoms with E-state index in [9.17, 15) is 4.79 Å². The number of hydrogen-bond donors (Lipinski definition) is 1. The number of nitrogen functional groups attached to an aromatic ring is 1. The lowest BCUT2D eigenvalue weighted by molar-refractivity contribution is -0.164. The lowest BCUT2D eigenvalue weighted by Crippen LogP contribution is -2.29. The van der Waals surface area contributed by atoms with Crippen LogP contribution in [0.4, 0.5) is 5.69 Å². The Labute approximate surface area is 180 Å². The Hall–Kier alpha value is -1.56. The molecule has 152 valence electrons. The van der Waals surface area contributed by atoms with Crippen molar-refractivity contribution in [3.63, 3.8) is 0 Å². The minimum absolute atomic E-state index is 0.465. The van der Waals surface area contributed by atoms with Gasteiger partial charge in [0.25, 0.3) is 0 Å². The van der Waals surface area contributed by atoms with Crippen LogP contribution in [0.15, 0.2) is 22.7 Å². The second kappa shape index (κ2) is 8.44. The van der Waals surface area contributed by atoms with Gasteiger partial charge in [0, 0.05) is 26.3 Å². The Morgan fingerprint density at radius 2 is 1.79 bits per heavy atom. The maximum atomic E-state index is 12.5. The van der Waals surface area contributed by atoms with Crippen LogP contribution in [0.1, 0.15) is 49.1 Å². The molecule has 2 N–H and O–H groups in total. The number of nitrogens with two attached hydrogens (primary N) is 1. The Balaban J connectivity index is 2.75. The van der Waals surface area contributed by atoms with E-state index < -0.39 is 17.7 Å². The minimum Gasteiger partial charge on any atom is -0.467 e. The monoisotopic (exact) mass is 467 g/mol. The molecule has 0 fully saturated rings. The first kappa shape index (κ1) is 22.7. The van der Waals surface area contributed by atoms with Gasteiger partial charge in [0.1, 0.15) is 0 Å². The normalized spacial score (nSPS) is 12.8. The van der Waals surface area contributed by atoms with Crippen LogP contribution in [0.5, 0.6) is 0 Å². The molecule has 28 heavy (non-hydrogen) atoms. The summed E-state index contributed by atoms with van der Waals surface area (Å²) in [4.78, 5) is 12.5. The van der Waals surface area contributed by atoms with Gasteiger partial charge in [-0.1, -0.05) is 33.6 Å². The molecule has 0 spiro atoms. The molecule has 0 radical (unpaired) electrons. The van der Waals surface area contributed by atoms with Crippen LogP contribution in [0.3, 0.4) is 0 Å². The van der Waals surface area contributed by atoms with Crippen LogP contribution in [-0.4, -0.2) is 18.7 Å². The molecule has 0 amide bonds. The van der Waals surface area contributed by atoms with E-state index in [0.717, 1.165) is 32.3 Å². The number of carbonyl (C=O) groups is 1. The smallest absolute Gasteiger partial charge is 0.339 e. The van der Waals surface area contributed by atoms with Crippen molar-refractivity contribution in [1.29, 1.82) is 0 Å². The number of halogens is 2. The van der Waals surface area contributed by atoms with Crippen molar-refractivity contribution < 1.29 is 14.3 Å². The van der Waals surface area contributed by atoms with Gasteiger partial charge in [0.15, 0.2) is 6.10 Å². The highest BCUT2D eigenvalue weighted by Crippen LogP contribution is 2.44. The third-order valence-corrected chi connectivity index (χ3v) is 6.06. The van der Waals surface area contributed by atoms with Crippen molar-refractivity contribution in [2.45, 2.75) is 53.2 Å². The van der Waals surface area contributed by atoms with E-state index >= 15 is 0 Å². The fraction of sp³-hybridized carbons (Fsp3) is 0.409. The first-order chi connectivity index (χ1) is 12.9. The van der Waals surface area contributed by atoms with Gasteiger partial charge in [-0.2, -0.15) is 0 Å². The van der Waals surface area contributed by atoms with Crippen LogP contribution < -0.4 is 5.73 Å². The van der Waals surface area contributed by atoms with Crippen LogP contribution in [0.2, 0.25) is 5.02 Å². The highest BCUT2D eigenvalue weighted by molar-refractivity contribution is 9.10. The molecule has 0 aliphatic heterocycles. The predicted octanol–water partition coefficient (Wildman–Crippen LogP) is 6.31. The van der Waals surface area contributed by atoms with Gasteiger partial charge >= 0.3 is 5.97 Å². The molecule has 0 saturated carbocycles. The molecule has 0 aromatic heterocycles. The SMILES string of the molecule is COC(=O)[C@@H](OC(C)(C)C)c1c(C)c(N)c(-c2ccc(Cl)c(C)c2)c(C)c1Br. The van der Waals surface area contributed by atoms with Crippen molar-refractivity contribution >= 4 is 39.2 Å². The molecule has 6 heteroatoms. The van der Waals surface area contributed by atoms with Crippen LogP contribution >= 0.6 is 27.5 Å². The molecule has 2 rings (SSSR count). The van der Waals surface area contributed by atoms with Gasteiger partial charge < -0.3 is 15.2 Å². The van der Waals surface area contributed by atoms with Gasteiger partial charge in [-0.25, -0.2) is 4.79 Å².